The van der Waals surface area contributed by atoms with Crippen molar-refractivity contribution in [2.45, 2.75) is 31.8 Å². The molecule has 1 saturated heterocycles. The first-order valence-electron chi connectivity index (χ1n) is 8.11. The molecular weight excluding hydrogens is 290 g/mol. The Morgan fingerprint density at radius 1 is 1.39 bits per heavy atom. The van der Waals surface area contributed by atoms with Crippen LogP contribution in [-0.4, -0.2) is 51.5 Å². The predicted octanol–water partition coefficient (Wildman–Crippen LogP) is 1.80. The van der Waals surface area contributed by atoms with E-state index in [1.54, 1.807) is 12.5 Å². The number of imidazole rings is 1. The van der Waals surface area contributed by atoms with Crippen LogP contribution in [0.2, 0.25) is 0 Å². The maximum Gasteiger partial charge on any atom is 0.224 e. The first-order valence-corrected chi connectivity index (χ1v) is 8.11. The van der Waals surface area contributed by atoms with Crippen LogP contribution < -0.4 is 4.90 Å². The van der Waals surface area contributed by atoms with Crippen molar-refractivity contribution in [3.05, 3.63) is 43.1 Å². The van der Waals surface area contributed by atoms with Gasteiger partial charge in [0.2, 0.25) is 5.91 Å². The van der Waals surface area contributed by atoms with Crippen molar-refractivity contribution in [2.75, 3.05) is 25.0 Å². The van der Waals surface area contributed by atoms with Crippen molar-refractivity contribution in [3.8, 4) is 0 Å². The molecule has 0 aromatic carbocycles. The third-order valence-corrected chi connectivity index (χ3v) is 4.45. The van der Waals surface area contributed by atoms with Crippen LogP contribution in [0.15, 0.2) is 43.1 Å². The number of hydrogen-bond acceptors (Lipinski definition) is 4. The summed E-state index contributed by atoms with van der Waals surface area (Å²) in [6.07, 6.45) is 9.83. The Kier molecular flexibility index (Phi) is 4.90. The van der Waals surface area contributed by atoms with Gasteiger partial charge in [-0.1, -0.05) is 6.07 Å². The van der Waals surface area contributed by atoms with Gasteiger partial charge >= 0.3 is 0 Å². The highest BCUT2D eigenvalue weighted by atomic mass is 16.2. The van der Waals surface area contributed by atoms with Crippen molar-refractivity contribution in [3.63, 3.8) is 0 Å². The van der Waals surface area contributed by atoms with E-state index in [0.29, 0.717) is 13.0 Å². The van der Waals surface area contributed by atoms with Gasteiger partial charge in [0.15, 0.2) is 0 Å². The standard InChI is InChI=1S/C17H23N5O/c1-20(17(23)7-11-21-12-9-18-14-21)15-5-4-10-22(13-15)16-6-2-3-8-19-16/h2-3,6,8-9,12,14-15H,4-5,7,10-11,13H2,1H3/t15-/m1/s1. The number of hydrogen-bond donors (Lipinski definition) is 0. The molecule has 0 radical (unpaired) electrons. The monoisotopic (exact) mass is 313 g/mol. The molecule has 2 aromatic rings. The van der Waals surface area contributed by atoms with Gasteiger partial charge in [-0.3, -0.25) is 4.79 Å². The number of aromatic nitrogens is 3. The molecule has 1 fully saturated rings. The summed E-state index contributed by atoms with van der Waals surface area (Å²) in [7, 11) is 1.92. The minimum atomic E-state index is 0.187. The van der Waals surface area contributed by atoms with Crippen LogP contribution in [0.3, 0.4) is 0 Å². The first kappa shape index (κ1) is 15.5. The Bertz CT molecular complexity index is 613. The van der Waals surface area contributed by atoms with Gasteiger partial charge in [-0.25, -0.2) is 9.97 Å². The quantitative estimate of drug-likeness (QED) is 0.844. The molecule has 122 valence electrons. The topological polar surface area (TPSA) is 54.3 Å². The normalized spacial score (nSPS) is 18.0. The van der Waals surface area contributed by atoms with Crippen molar-refractivity contribution in [2.24, 2.45) is 0 Å². The lowest BCUT2D eigenvalue weighted by Gasteiger charge is -2.38. The van der Waals surface area contributed by atoms with E-state index in [2.05, 4.69) is 14.9 Å². The summed E-state index contributed by atoms with van der Waals surface area (Å²) >= 11 is 0. The van der Waals surface area contributed by atoms with Crippen molar-refractivity contribution < 1.29 is 4.79 Å². The Labute approximate surface area is 136 Å². The van der Waals surface area contributed by atoms with E-state index in [1.165, 1.54) is 0 Å². The van der Waals surface area contributed by atoms with Crippen LogP contribution in [0, 0.1) is 0 Å². The molecule has 0 bridgehead atoms. The second kappa shape index (κ2) is 7.26. The summed E-state index contributed by atoms with van der Waals surface area (Å²) in [5, 5.41) is 0. The summed E-state index contributed by atoms with van der Waals surface area (Å²) in [4.78, 5) is 25.0. The minimum absolute atomic E-state index is 0.187. The molecule has 23 heavy (non-hydrogen) atoms. The number of carbonyl (C=O) groups is 1. The summed E-state index contributed by atoms with van der Waals surface area (Å²) in [6, 6.07) is 6.22. The zero-order valence-electron chi connectivity index (χ0n) is 13.5. The Balaban J connectivity index is 1.56. The van der Waals surface area contributed by atoms with Crippen molar-refractivity contribution >= 4 is 11.7 Å². The fourth-order valence-corrected chi connectivity index (χ4v) is 3.04. The summed E-state index contributed by atoms with van der Waals surface area (Å²) in [6.45, 7) is 2.54. The first-order chi connectivity index (χ1) is 11.2. The third-order valence-electron chi connectivity index (χ3n) is 4.45. The number of anilines is 1. The van der Waals surface area contributed by atoms with Crippen LogP contribution in [-0.2, 0) is 11.3 Å². The number of piperidine rings is 1. The number of rotatable bonds is 5. The molecule has 0 spiro atoms. The molecule has 0 saturated carbocycles. The molecular formula is C17H23N5O. The van der Waals surface area contributed by atoms with E-state index < -0.39 is 0 Å². The molecule has 1 atom stereocenters. The zero-order chi connectivity index (χ0) is 16.1. The number of amides is 1. The summed E-state index contributed by atoms with van der Waals surface area (Å²) in [5.41, 5.74) is 0. The van der Waals surface area contributed by atoms with E-state index in [-0.39, 0.29) is 11.9 Å². The SMILES string of the molecule is CN(C(=O)CCn1ccnc1)[C@@H]1CCCN(c2ccccn2)C1. The molecule has 6 nitrogen and oxygen atoms in total. The second-order valence-corrected chi connectivity index (χ2v) is 5.99. The molecule has 3 rings (SSSR count). The number of likely N-dealkylation sites (N-methyl/N-ethyl adjacent to an activating group) is 1. The molecule has 1 amide bonds. The lowest BCUT2D eigenvalue weighted by Crippen LogP contribution is -2.49. The molecule has 6 heteroatoms. The van der Waals surface area contributed by atoms with Gasteiger partial charge in [-0.05, 0) is 25.0 Å². The molecule has 1 aliphatic heterocycles. The lowest BCUT2D eigenvalue weighted by molar-refractivity contribution is -0.132. The van der Waals surface area contributed by atoms with E-state index in [0.717, 1.165) is 31.7 Å². The number of pyridine rings is 1. The lowest BCUT2D eigenvalue weighted by atomic mass is 10.0. The molecule has 0 unspecified atom stereocenters. The van der Waals surface area contributed by atoms with Crippen molar-refractivity contribution in [1.29, 1.82) is 0 Å². The van der Waals surface area contributed by atoms with E-state index >= 15 is 0 Å². The molecule has 3 heterocycles. The summed E-state index contributed by atoms with van der Waals surface area (Å²) in [5.74, 6) is 1.18. The Morgan fingerprint density at radius 3 is 3.04 bits per heavy atom. The fourth-order valence-electron chi connectivity index (χ4n) is 3.04. The second-order valence-electron chi connectivity index (χ2n) is 5.99. The molecule has 0 aliphatic carbocycles. The zero-order valence-corrected chi connectivity index (χ0v) is 13.5. The number of aryl methyl sites for hydroxylation is 1. The summed E-state index contributed by atoms with van der Waals surface area (Å²) < 4.78 is 1.94. The number of nitrogens with zero attached hydrogens (tertiary/aromatic N) is 5. The smallest absolute Gasteiger partial charge is 0.224 e. The van der Waals surface area contributed by atoms with Crippen molar-refractivity contribution in [1.82, 2.24) is 19.4 Å². The van der Waals surface area contributed by atoms with Gasteiger partial charge in [0.25, 0.3) is 0 Å². The van der Waals surface area contributed by atoms with E-state index in [4.69, 9.17) is 0 Å². The highest BCUT2D eigenvalue weighted by molar-refractivity contribution is 5.76. The van der Waals surface area contributed by atoms with Gasteiger partial charge in [-0.15, -0.1) is 0 Å². The average Bonchev–Trinajstić information content (AvgIpc) is 3.13. The maximum atomic E-state index is 12.4. The highest BCUT2D eigenvalue weighted by Gasteiger charge is 2.26. The molecule has 0 N–H and O–H groups in total. The van der Waals surface area contributed by atoms with Crippen LogP contribution in [0.5, 0.6) is 0 Å². The largest absolute Gasteiger partial charge is 0.355 e. The molecule has 2 aromatic heterocycles. The third kappa shape index (κ3) is 3.88. The van der Waals surface area contributed by atoms with Crippen LogP contribution in [0.25, 0.3) is 0 Å². The Hall–Kier alpha value is -2.37. The average molecular weight is 313 g/mol. The number of carbonyl (C=O) groups excluding carboxylic acids is 1. The van der Waals surface area contributed by atoms with Crippen LogP contribution in [0.1, 0.15) is 19.3 Å². The van der Waals surface area contributed by atoms with Crippen LogP contribution in [0.4, 0.5) is 5.82 Å². The van der Waals surface area contributed by atoms with Crippen LogP contribution >= 0.6 is 0 Å². The molecule has 1 aliphatic rings. The van der Waals surface area contributed by atoms with E-state index in [9.17, 15) is 4.79 Å². The maximum absolute atomic E-state index is 12.4. The minimum Gasteiger partial charge on any atom is -0.355 e. The van der Waals surface area contributed by atoms with Gasteiger partial charge in [-0.2, -0.15) is 0 Å². The Morgan fingerprint density at radius 2 is 2.30 bits per heavy atom. The fraction of sp³-hybridized carbons (Fsp3) is 0.471. The van der Waals surface area contributed by atoms with E-state index in [1.807, 2.05) is 47.1 Å². The predicted molar refractivity (Wildman–Crippen MR) is 89.1 cm³/mol. The highest BCUT2D eigenvalue weighted by Crippen LogP contribution is 2.20. The van der Waals surface area contributed by atoms with Gasteiger partial charge in [0.05, 0.1) is 6.33 Å². The van der Waals surface area contributed by atoms with Gasteiger partial charge < -0.3 is 14.4 Å². The van der Waals surface area contributed by atoms with Gasteiger partial charge in [0.1, 0.15) is 5.82 Å². The van der Waals surface area contributed by atoms with Gasteiger partial charge in [0, 0.05) is 57.7 Å².